The molecule has 8 nitrogen and oxygen atoms in total. The molecule has 3 rings (SSSR count). The Balaban J connectivity index is 1.91. The molecule has 1 aromatic carbocycles. The first-order valence-electron chi connectivity index (χ1n) is 9.44. The quantitative estimate of drug-likeness (QED) is 0.658. The van der Waals surface area contributed by atoms with Crippen LogP contribution >= 0.6 is 11.8 Å². The van der Waals surface area contributed by atoms with Gasteiger partial charge in [-0.25, -0.2) is 4.79 Å². The highest BCUT2D eigenvalue weighted by Gasteiger charge is 2.27. The summed E-state index contributed by atoms with van der Waals surface area (Å²) in [5.74, 6) is 1.22. The number of hydrogen-bond acceptors (Lipinski definition) is 6. The number of amides is 3. The fraction of sp³-hybridized carbons (Fsp3) is 0.474. The summed E-state index contributed by atoms with van der Waals surface area (Å²) >= 11 is 1.65. The number of aromatic nitrogens is 3. The molecular weight excluding hydrogens is 378 g/mol. The van der Waals surface area contributed by atoms with E-state index in [-0.39, 0.29) is 18.4 Å². The highest BCUT2D eigenvalue weighted by Crippen LogP contribution is 2.28. The molecule has 28 heavy (non-hydrogen) atoms. The molecule has 2 heterocycles. The molecule has 1 fully saturated rings. The van der Waals surface area contributed by atoms with E-state index in [9.17, 15) is 9.59 Å². The molecule has 1 aromatic heterocycles. The molecule has 150 valence electrons. The molecule has 1 saturated heterocycles. The van der Waals surface area contributed by atoms with Gasteiger partial charge in [0.2, 0.25) is 5.91 Å². The molecule has 9 heteroatoms. The van der Waals surface area contributed by atoms with Crippen molar-refractivity contribution in [3.05, 3.63) is 30.1 Å². The topological polar surface area (TPSA) is 98.1 Å². The van der Waals surface area contributed by atoms with Gasteiger partial charge in [-0.3, -0.25) is 14.7 Å². The van der Waals surface area contributed by atoms with E-state index >= 15 is 0 Å². The van der Waals surface area contributed by atoms with E-state index in [4.69, 9.17) is 4.74 Å². The Hall–Kier alpha value is -2.55. The van der Waals surface area contributed by atoms with Crippen molar-refractivity contribution in [2.24, 2.45) is 0 Å². The maximum atomic E-state index is 11.7. The highest BCUT2D eigenvalue weighted by molar-refractivity contribution is 7.99. The van der Waals surface area contributed by atoms with Crippen LogP contribution in [0.3, 0.4) is 0 Å². The fourth-order valence-electron chi connectivity index (χ4n) is 2.91. The minimum Gasteiger partial charge on any atom is -0.494 e. The molecule has 0 radical (unpaired) electrons. The van der Waals surface area contributed by atoms with Gasteiger partial charge < -0.3 is 10.1 Å². The Labute approximate surface area is 168 Å². The van der Waals surface area contributed by atoms with Crippen molar-refractivity contribution in [2.45, 2.75) is 56.5 Å². The normalized spacial score (nSPS) is 17.8. The molecule has 0 aliphatic carbocycles. The van der Waals surface area contributed by atoms with E-state index in [1.807, 2.05) is 35.8 Å². The second kappa shape index (κ2) is 9.09. The molecule has 0 bridgehead atoms. The van der Waals surface area contributed by atoms with Crippen LogP contribution in [-0.4, -0.2) is 44.6 Å². The molecule has 2 N–H and O–H groups in total. The molecule has 3 amide bonds. The van der Waals surface area contributed by atoms with Crippen molar-refractivity contribution in [1.29, 1.82) is 0 Å². The maximum absolute atomic E-state index is 11.7. The average molecular weight is 404 g/mol. The van der Waals surface area contributed by atoms with Gasteiger partial charge >= 0.3 is 6.03 Å². The molecule has 1 aliphatic rings. The van der Waals surface area contributed by atoms with Crippen LogP contribution in [0.15, 0.2) is 29.4 Å². The van der Waals surface area contributed by atoms with E-state index in [1.54, 1.807) is 11.8 Å². The van der Waals surface area contributed by atoms with E-state index in [2.05, 4.69) is 34.7 Å². The van der Waals surface area contributed by atoms with Crippen LogP contribution in [0.5, 0.6) is 5.75 Å². The van der Waals surface area contributed by atoms with Crippen molar-refractivity contribution in [3.63, 3.8) is 0 Å². The van der Waals surface area contributed by atoms with Crippen LogP contribution in [0.1, 0.15) is 39.4 Å². The van der Waals surface area contributed by atoms with Gasteiger partial charge in [0.15, 0.2) is 5.16 Å². The smallest absolute Gasteiger partial charge is 0.321 e. The number of ether oxygens (including phenoxy) is 1. The predicted octanol–water partition coefficient (Wildman–Crippen LogP) is 2.70. The van der Waals surface area contributed by atoms with Crippen LogP contribution in [0, 0.1) is 0 Å². The lowest BCUT2D eigenvalue weighted by Gasteiger charge is -2.23. The zero-order valence-corrected chi connectivity index (χ0v) is 17.1. The molecular formula is C19H25N5O3S. The largest absolute Gasteiger partial charge is 0.494 e. The van der Waals surface area contributed by atoms with Gasteiger partial charge in [-0.05, 0) is 37.6 Å². The third-order valence-corrected chi connectivity index (χ3v) is 5.65. The van der Waals surface area contributed by atoms with Crippen LogP contribution in [0.4, 0.5) is 4.79 Å². The third-order valence-electron chi connectivity index (χ3n) is 4.44. The number of nitrogens with zero attached hydrogens (tertiary/aromatic N) is 3. The van der Waals surface area contributed by atoms with Crippen molar-refractivity contribution < 1.29 is 14.3 Å². The second-order valence-electron chi connectivity index (χ2n) is 6.62. The van der Waals surface area contributed by atoms with Crippen molar-refractivity contribution in [2.75, 3.05) is 6.61 Å². The molecule has 0 saturated carbocycles. The maximum Gasteiger partial charge on any atom is 0.321 e. The van der Waals surface area contributed by atoms with Gasteiger partial charge in [-0.15, -0.1) is 10.2 Å². The Morgan fingerprint density at radius 1 is 1.25 bits per heavy atom. The number of carbonyl (C=O) groups is 2. The Morgan fingerprint density at radius 2 is 2.00 bits per heavy atom. The van der Waals surface area contributed by atoms with Gasteiger partial charge in [0.1, 0.15) is 11.6 Å². The number of imide groups is 1. The summed E-state index contributed by atoms with van der Waals surface area (Å²) < 4.78 is 7.52. The molecule has 0 spiro atoms. The summed E-state index contributed by atoms with van der Waals surface area (Å²) in [4.78, 5) is 23.3. The molecule has 2 aromatic rings. The zero-order chi connectivity index (χ0) is 20.1. The van der Waals surface area contributed by atoms with E-state index in [1.165, 1.54) is 0 Å². The van der Waals surface area contributed by atoms with Gasteiger partial charge in [-0.2, -0.15) is 0 Å². The van der Waals surface area contributed by atoms with E-state index in [0.29, 0.717) is 24.1 Å². The minimum atomic E-state index is -0.470. The number of carbonyl (C=O) groups excluding carboxylic acids is 2. The molecule has 2 unspecified atom stereocenters. The second-order valence-corrected chi connectivity index (χ2v) is 8.03. The standard InChI is InChI=1S/C19H25N5O3S/c1-4-12(3)28-19-23-22-16(10-13-11-17(25)21-18(26)20-13)24(19)14-6-8-15(9-7-14)27-5-2/h6-9,12-13H,4-5,10-11H2,1-3H3,(H2,20,21,25,26). The number of urea groups is 1. The summed E-state index contributed by atoms with van der Waals surface area (Å²) in [6.45, 7) is 6.83. The first-order valence-corrected chi connectivity index (χ1v) is 10.3. The molecule has 2 atom stereocenters. The lowest BCUT2D eigenvalue weighted by atomic mass is 10.1. The predicted molar refractivity (Wildman–Crippen MR) is 107 cm³/mol. The Bertz CT molecular complexity index is 821. The van der Waals surface area contributed by atoms with E-state index < -0.39 is 6.03 Å². The first-order chi connectivity index (χ1) is 13.5. The summed E-state index contributed by atoms with van der Waals surface area (Å²) in [7, 11) is 0. The summed E-state index contributed by atoms with van der Waals surface area (Å²) in [5, 5.41) is 14.9. The van der Waals surface area contributed by atoms with Gasteiger partial charge in [0, 0.05) is 29.8 Å². The highest BCUT2D eigenvalue weighted by atomic mass is 32.2. The van der Waals surface area contributed by atoms with Crippen molar-refractivity contribution in [3.8, 4) is 11.4 Å². The number of hydrogen-bond donors (Lipinski definition) is 2. The minimum absolute atomic E-state index is 0.218. The Kier molecular flexibility index (Phi) is 6.56. The van der Waals surface area contributed by atoms with Gasteiger partial charge in [0.05, 0.1) is 6.61 Å². The van der Waals surface area contributed by atoms with Crippen LogP contribution < -0.4 is 15.4 Å². The lowest BCUT2D eigenvalue weighted by Crippen LogP contribution is -2.53. The SMILES string of the molecule is CCOc1ccc(-n2c(CC3CC(=O)NC(=O)N3)nnc2SC(C)CC)cc1. The monoisotopic (exact) mass is 403 g/mol. The molecule has 1 aliphatic heterocycles. The number of thioether (sulfide) groups is 1. The van der Waals surface area contributed by atoms with E-state index in [0.717, 1.165) is 23.0 Å². The van der Waals surface area contributed by atoms with Crippen LogP contribution in [0.2, 0.25) is 0 Å². The van der Waals surface area contributed by atoms with Gasteiger partial charge in [-0.1, -0.05) is 25.6 Å². The van der Waals surface area contributed by atoms with Gasteiger partial charge in [0.25, 0.3) is 0 Å². The van der Waals surface area contributed by atoms with Crippen molar-refractivity contribution in [1.82, 2.24) is 25.4 Å². The summed E-state index contributed by atoms with van der Waals surface area (Å²) in [6.07, 6.45) is 1.64. The Morgan fingerprint density at radius 3 is 2.64 bits per heavy atom. The van der Waals surface area contributed by atoms with Crippen molar-refractivity contribution >= 4 is 23.7 Å². The number of benzene rings is 1. The third kappa shape index (κ3) is 4.83. The fourth-order valence-corrected chi connectivity index (χ4v) is 3.84. The number of nitrogens with one attached hydrogen (secondary N) is 2. The first kappa shape index (κ1) is 20.2. The zero-order valence-electron chi connectivity index (χ0n) is 16.3. The van der Waals surface area contributed by atoms with Crippen LogP contribution in [-0.2, 0) is 11.2 Å². The summed E-state index contributed by atoms with van der Waals surface area (Å²) in [6, 6.07) is 6.97. The lowest BCUT2D eigenvalue weighted by molar-refractivity contribution is -0.121. The average Bonchev–Trinajstić information content (AvgIpc) is 3.03. The van der Waals surface area contributed by atoms with Crippen LogP contribution in [0.25, 0.3) is 5.69 Å². The number of rotatable bonds is 8. The summed E-state index contributed by atoms with van der Waals surface area (Å²) in [5.41, 5.74) is 0.917.